The quantitative estimate of drug-likeness (QED) is 0.673. The Labute approximate surface area is 132 Å². The van der Waals surface area contributed by atoms with Crippen molar-refractivity contribution < 1.29 is 5.11 Å². The van der Waals surface area contributed by atoms with Gasteiger partial charge in [-0.2, -0.15) is 0 Å². The van der Waals surface area contributed by atoms with Gasteiger partial charge >= 0.3 is 0 Å². The van der Waals surface area contributed by atoms with Gasteiger partial charge in [0.05, 0.1) is 4.88 Å². The average molecular weight is 313 g/mol. The fraction of sp³-hybridized carbons (Fsp3) is 0.118. The lowest BCUT2D eigenvalue weighted by molar-refractivity contribution is 0.449. The van der Waals surface area contributed by atoms with Crippen LogP contribution in [0, 0.1) is 3.95 Å². The van der Waals surface area contributed by atoms with Crippen molar-refractivity contribution in [2.75, 3.05) is 0 Å². The van der Waals surface area contributed by atoms with Crippen molar-refractivity contribution in [2.24, 2.45) is 0 Å². The molecule has 1 heterocycles. The van der Waals surface area contributed by atoms with Gasteiger partial charge in [0, 0.05) is 5.92 Å². The maximum atomic E-state index is 9.96. The molecule has 3 aromatic rings. The minimum atomic E-state index is 0.196. The summed E-state index contributed by atoms with van der Waals surface area (Å²) in [6.45, 7) is 0. The first-order chi connectivity index (χ1) is 10.2. The van der Waals surface area contributed by atoms with Gasteiger partial charge in [-0.1, -0.05) is 60.7 Å². The molecule has 0 fully saturated rings. The number of hydrogen-bond acceptors (Lipinski definition) is 3. The van der Waals surface area contributed by atoms with Crippen molar-refractivity contribution in [3.05, 3.63) is 80.6 Å². The minimum absolute atomic E-state index is 0.196. The van der Waals surface area contributed by atoms with Gasteiger partial charge in [-0.15, -0.1) is 11.3 Å². The van der Waals surface area contributed by atoms with E-state index >= 15 is 0 Å². The highest BCUT2D eigenvalue weighted by Crippen LogP contribution is 2.33. The predicted molar refractivity (Wildman–Crippen MR) is 89.6 cm³/mol. The van der Waals surface area contributed by atoms with Gasteiger partial charge in [0.25, 0.3) is 0 Å². The second-order valence-electron chi connectivity index (χ2n) is 4.86. The zero-order chi connectivity index (χ0) is 14.7. The third kappa shape index (κ3) is 3.23. The lowest BCUT2D eigenvalue weighted by Crippen LogP contribution is -2.04. The van der Waals surface area contributed by atoms with E-state index in [1.807, 2.05) is 36.4 Å². The molecule has 2 nitrogen and oxygen atoms in total. The molecule has 0 saturated carbocycles. The summed E-state index contributed by atoms with van der Waals surface area (Å²) in [5, 5.41) is 9.96. The average Bonchev–Trinajstić information content (AvgIpc) is 2.84. The Balaban J connectivity index is 2.01. The normalized spacial score (nSPS) is 10.9. The first-order valence-electron chi connectivity index (χ1n) is 6.75. The van der Waals surface area contributed by atoms with Gasteiger partial charge in [0.1, 0.15) is 0 Å². The fourth-order valence-corrected chi connectivity index (χ4v) is 3.64. The summed E-state index contributed by atoms with van der Waals surface area (Å²) in [7, 11) is 0. The monoisotopic (exact) mass is 313 g/mol. The van der Waals surface area contributed by atoms with E-state index in [0.29, 0.717) is 3.95 Å². The molecule has 3 rings (SSSR count). The molecule has 0 atom stereocenters. The lowest BCUT2D eigenvalue weighted by atomic mass is 9.88. The summed E-state index contributed by atoms with van der Waals surface area (Å²) in [6, 6.07) is 20.7. The Morgan fingerprint density at radius 1 is 0.952 bits per heavy atom. The highest BCUT2D eigenvalue weighted by atomic mass is 32.1. The van der Waals surface area contributed by atoms with Crippen LogP contribution in [0.25, 0.3) is 0 Å². The number of rotatable bonds is 4. The summed E-state index contributed by atoms with van der Waals surface area (Å²) in [6.07, 6.45) is 0.734. The van der Waals surface area contributed by atoms with Crippen molar-refractivity contribution in [3.63, 3.8) is 0 Å². The Morgan fingerprint density at radius 2 is 1.48 bits per heavy atom. The smallest absolute Gasteiger partial charge is 0.203 e. The standard InChI is InChI=1S/C17H15NOS2/c19-16-15(21-17(20)18-16)11-14(12-7-3-1-4-8-12)13-9-5-2-6-10-13/h1-10,14,19H,11H2,(H,18,20). The molecule has 0 radical (unpaired) electrons. The van der Waals surface area contributed by atoms with Crippen LogP contribution in [0.3, 0.4) is 0 Å². The first-order valence-corrected chi connectivity index (χ1v) is 7.97. The predicted octanol–water partition coefficient (Wildman–Crippen LogP) is 4.89. The van der Waals surface area contributed by atoms with Gasteiger partial charge < -0.3 is 10.1 Å². The molecule has 4 heteroatoms. The minimum Gasteiger partial charge on any atom is -0.494 e. The summed E-state index contributed by atoms with van der Waals surface area (Å²) in [5.74, 6) is 0.404. The number of aromatic nitrogens is 1. The maximum absolute atomic E-state index is 9.96. The Morgan fingerprint density at radius 3 is 1.90 bits per heavy atom. The molecule has 0 amide bonds. The van der Waals surface area contributed by atoms with E-state index in [2.05, 4.69) is 29.2 Å². The molecule has 21 heavy (non-hydrogen) atoms. The molecule has 0 aliphatic rings. The van der Waals surface area contributed by atoms with Crippen LogP contribution >= 0.6 is 23.6 Å². The van der Waals surface area contributed by atoms with E-state index in [4.69, 9.17) is 12.2 Å². The Bertz CT molecular complexity index is 723. The number of nitrogens with one attached hydrogen (secondary N) is 1. The SMILES string of the molecule is Oc1[nH]c(=S)sc1CC(c1ccccc1)c1ccccc1. The van der Waals surface area contributed by atoms with Crippen LogP contribution in [0.5, 0.6) is 5.88 Å². The maximum Gasteiger partial charge on any atom is 0.203 e. The summed E-state index contributed by atoms with van der Waals surface area (Å²) >= 11 is 6.55. The number of benzene rings is 2. The van der Waals surface area contributed by atoms with Crippen molar-refractivity contribution in [1.82, 2.24) is 4.98 Å². The van der Waals surface area contributed by atoms with Crippen LogP contribution in [0.15, 0.2) is 60.7 Å². The molecule has 0 bridgehead atoms. The number of H-pyrrole nitrogens is 1. The van der Waals surface area contributed by atoms with Crippen LogP contribution in [-0.4, -0.2) is 10.1 Å². The third-order valence-electron chi connectivity index (χ3n) is 3.49. The van der Waals surface area contributed by atoms with Crippen molar-refractivity contribution in [1.29, 1.82) is 0 Å². The summed E-state index contributed by atoms with van der Waals surface area (Å²) in [5.41, 5.74) is 2.48. The molecule has 0 aliphatic heterocycles. The second kappa shape index (κ2) is 6.24. The van der Waals surface area contributed by atoms with Crippen LogP contribution in [0.2, 0.25) is 0 Å². The van der Waals surface area contributed by atoms with E-state index in [1.165, 1.54) is 22.5 Å². The Hall–Kier alpha value is -1.91. The number of hydrogen-bond donors (Lipinski definition) is 2. The molecule has 0 unspecified atom stereocenters. The Kier molecular flexibility index (Phi) is 4.18. The molecule has 0 aliphatic carbocycles. The van der Waals surface area contributed by atoms with Gasteiger partial charge in [0.15, 0.2) is 3.95 Å². The van der Waals surface area contributed by atoms with Crippen molar-refractivity contribution >= 4 is 23.6 Å². The van der Waals surface area contributed by atoms with Crippen molar-refractivity contribution in [2.45, 2.75) is 12.3 Å². The zero-order valence-corrected chi connectivity index (χ0v) is 13.0. The molecule has 1 aromatic heterocycles. The zero-order valence-electron chi connectivity index (χ0n) is 11.3. The summed E-state index contributed by atoms with van der Waals surface area (Å²) < 4.78 is 0.613. The highest BCUT2D eigenvalue weighted by molar-refractivity contribution is 7.73. The van der Waals surface area contributed by atoms with Gasteiger partial charge in [-0.3, -0.25) is 0 Å². The number of thiazole rings is 1. The first kappa shape index (κ1) is 14.0. The number of aromatic hydroxyl groups is 1. The van der Waals surface area contributed by atoms with E-state index in [0.717, 1.165) is 11.3 Å². The molecular weight excluding hydrogens is 298 g/mol. The largest absolute Gasteiger partial charge is 0.494 e. The topological polar surface area (TPSA) is 36.0 Å². The number of aromatic amines is 1. The van der Waals surface area contributed by atoms with E-state index in [-0.39, 0.29) is 11.8 Å². The van der Waals surface area contributed by atoms with E-state index in [1.54, 1.807) is 0 Å². The molecule has 0 spiro atoms. The molecule has 2 aromatic carbocycles. The van der Waals surface area contributed by atoms with Crippen molar-refractivity contribution in [3.8, 4) is 5.88 Å². The van der Waals surface area contributed by atoms with Gasteiger partial charge in [-0.05, 0) is 29.8 Å². The van der Waals surface area contributed by atoms with Crippen LogP contribution < -0.4 is 0 Å². The van der Waals surface area contributed by atoms with Gasteiger partial charge in [-0.25, -0.2) is 0 Å². The lowest BCUT2D eigenvalue weighted by Gasteiger charge is -2.17. The highest BCUT2D eigenvalue weighted by Gasteiger charge is 2.18. The van der Waals surface area contributed by atoms with Crippen LogP contribution in [0.1, 0.15) is 21.9 Å². The molecule has 2 N–H and O–H groups in total. The molecular formula is C17H15NOS2. The fourth-order valence-electron chi connectivity index (χ4n) is 2.47. The third-order valence-corrected chi connectivity index (χ3v) is 4.74. The van der Waals surface area contributed by atoms with E-state index < -0.39 is 0 Å². The van der Waals surface area contributed by atoms with E-state index in [9.17, 15) is 5.11 Å². The summed E-state index contributed by atoms with van der Waals surface area (Å²) in [4.78, 5) is 3.71. The van der Waals surface area contributed by atoms with Crippen LogP contribution in [0.4, 0.5) is 0 Å². The van der Waals surface area contributed by atoms with Crippen LogP contribution in [-0.2, 0) is 6.42 Å². The molecule has 0 saturated heterocycles. The molecule has 106 valence electrons. The second-order valence-corrected chi connectivity index (χ2v) is 6.64. The van der Waals surface area contributed by atoms with Gasteiger partial charge in [0.2, 0.25) is 5.88 Å².